The summed E-state index contributed by atoms with van der Waals surface area (Å²) in [6.07, 6.45) is 0.447. The maximum atomic E-state index is 10.7. The van der Waals surface area contributed by atoms with Crippen molar-refractivity contribution >= 4 is 81.3 Å². The van der Waals surface area contributed by atoms with Crippen molar-refractivity contribution < 1.29 is 24.4 Å². The number of aliphatic carboxylic acids is 2. The lowest BCUT2D eigenvalue weighted by atomic mass is 9.82. The molecule has 2 N–H and O–H groups in total. The lowest BCUT2D eigenvalue weighted by Crippen LogP contribution is -2.27. The van der Waals surface area contributed by atoms with E-state index in [2.05, 4.69) is 81.4 Å². The Morgan fingerprint density at radius 3 is 1.82 bits per heavy atom. The van der Waals surface area contributed by atoms with Gasteiger partial charge in [-0.05, 0) is 32.4 Å². The van der Waals surface area contributed by atoms with Crippen molar-refractivity contribution in [3.8, 4) is 0 Å². The Labute approximate surface area is 259 Å². The minimum absolute atomic E-state index is 0. The van der Waals surface area contributed by atoms with Crippen LogP contribution in [0, 0.1) is 0 Å². The first-order chi connectivity index (χ1) is 16.3. The number of halogens is 2. The second-order valence-electron chi connectivity index (χ2n) is 9.70. The number of nitrogens with zero attached hydrogens (tertiary/aromatic N) is 2. The highest BCUT2D eigenvalue weighted by Crippen LogP contribution is 2.40. The molecule has 0 atom stereocenters. The fraction of sp³-hybridized carbons (Fsp3) is 0.467. The number of aliphatic imine (C=N–C) groups is 1. The lowest BCUT2D eigenvalue weighted by Gasteiger charge is -2.19. The van der Waals surface area contributed by atoms with Crippen LogP contribution in [-0.2, 0) is 20.4 Å². The van der Waals surface area contributed by atoms with Gasteiger partial charge in [0.05, 0.1) is 17.5 Å². The summed E-state index contributed by atoms with van der Waals surface area (Å²) in [6.45, 7) is 13.5. The highest BCUT2D eigenvalue weighted by Gasteiger charge is 2.42. The van der Waals surface area contributed by atoms with Crippen molar-refractivity contribution in [2.75, 3.05) is 11.0 Å². The Morgan fingerprint density at radius 1 is 0.842 bits per heavy atom. The second kappa shape index (κ2) is 16.3. The van der Waals surface area contributed by atoms with Crippen LogP contribution in [0.2, 0.25) is 0 Å². The zero-order chi connectivity index (χ0) is 26.4. The van der Waals surface area contributed by atoms with Gasteiger partial charge in [0, 0.05) is 34.1 Å². The van der Waals surface area contributed by atoms with Crippen molar-refractivity contribution in [1.29, 1.82) is 0 Å². The topological polar surface area (TPSA) is 90.0 Å². The van der Waals surface area contributed by atoms with E-state index in [4.69, 9.17) is 10.2 Å². The molecule has 0 radical (unpaired) electrons. The average molecular weight is 752 g/mol. The number of alkyl halides is 1. The molecule has 0 amide bonds. The van der Waals surface area contributed by atoms with E-state index in [0.29, 0.717) is 11.0 Å². The minimum atomic E-state index is -0.750. The third-order valence-electron chi connectivity index (χ3n) is 6.81. The summed E-state index contributed by atoms with van der Waals surface area (Å²) >= 11 is 2.02. The van der Waals surface area contributed by atoms with Gasteiger partial charge in [-0.2, -0.15) is 4.58 Å². The number of hydrogen-bond acceptors (Lipinski definition) is 3. The van der Waals surface area contributed by atoms with E-state index in [1.165, 1.54) is 22.6 Å². The standard InChI is InChI=1S/C14H17NO2.C11H13N.C3H5IO2.2CH4.HI/c1-10-14(2,3)11-6-4-5-7-12(11)15(10)9-8-13(16)17;1-8-11(2,3)9-6-4-5-7-10(9)12-8;4-2-1-3(5)6;;;/h4-7H,8-9H2,1-3H3;4-7H,1-3H3;1-2H2,(H,5,6);2*1H4;1H/p+1. The number of fused-ring (bicyclic) bond motifs is 2. The predicted octanol–water partition coefficient (Wildman–Crippen LogP) is 8.41. The van der Waals surface area contributed by atoms with Crippen LogP contribution in [0.15, 0.2) is 53.5 Å². The van der Waals surface area contributed by atoms with Crippen LogP contribution in [0.1, 0.15) is 80.4 Å². The summed E-state index contributed by atoms with van der Waals surface area (Å²) in [4.78, 5) is 24.8. The molecule has 6 nitrogen and oxygen atoms in total. The highest BCUT2D eigenvalue weighted by atomic mass is 127. The molecule has 2 aliphatic rings. The average Bonchev–Trinajstić information content (AvgIpc) is 3.14. The van der Waals surface area contributed by atoms with Crippen molar-refractivity contribution in [2.45, 2.75) is 80.1 Å². The van der Waals surface area contributed by atoms with Gasteiger partial charge in [0.25, 0.3) is 0 Å². The summed E-state index contributed by atoms with van der Waals surface area (Å²) in [5, 5.41) is 16.7. The first-order valence-corrected chi connectivity index (χ1v) is 13.2. The Hall–Kier alpha value is -1.82. The van der Waals surface area contributed by atoms with E-state index in [9.17, 15) is 9.59 Å². The molecule has 4 rings (SSSR count). The number of carboxylic acids is 2. The lowest BCUT2D eigenvalue weighted by molar-refractivity contribution is -0.438. The Bertz CT molecular complexity index is 1150. The van der Waals surface area contributed by atoms with Gasteiger partial charge in [0.1, 0.15) is 6.42 Å². The number of para-hydroxylation sites is 2. The van der Waals surface area contributed by atoms with Crippen molar-refractivity contribution in [3.63, 3.8) is 0 Å². The maximum absolute atomic E-state index is 10.7. The molecule has 2 aromatic rings. The normalized spacial score (nSPS) is 14.9. The monoisotopic (exact) mass is 751 g/mol. The zero-order valence-electron chi connectivity index (χ0n) is 21.8. The zero-order valence-corrected chi connectivity index (χ0v) is 26.3. The number of carbonyl (C=O) groups is 2. The van der Waals surface area contributed by atoms with E-state index in [1.807, 2.05) is 40.8 Å². The summed E-state index contributed by atoms with van der Waals surface area (Å²) < 4.78 is 2.83. The number of hydrogen-bond donors (Lipinski definition) is 2. The molecular weight excluding hydrogens is 706 g/mol. The molecule has 2 heterocycles. The molecule has 2 aromatic carbocycles. The fourth-order valence-electron chi connectivity index (χ4n) is 4.14. The molecule has 0 saturated carbocycles. The van der Waals surface area contributed by atoms with Crippen LogP contribution in [-0.4, -0.2) is 49.1 Å². The smallest absolute Gasteiger partial charge is 0.309 e. The van der Waals surface area contributed by atoms with E-state index < -0.39 is 11.9 Å². The van der Waals surface area contributed by atoms with Gasteiger partial charge in [0.15, 0.2) is 12.3 Å². The maximum Gasteiger partial charge on any atom is 0.309 e. The van der Waals surface area contributed by atoms with Crippen LogP contribution < -0.4 is 0 Å². The van der Waals surface area contributed by atoms with Gasteiger partial charge in [-0.25, -0.2) is 0 Å². The van der Waals surface area contributed by atoms with E-state index in [0.717, 1.165) is 11.4 Å². The predicted molar refractivity (Wildman–Crippen MR) is 179 cm³/mol. The molecule has 212 valence electrons. The van der Waals surface area contributed by atoms with Crippen LogP contribution in [0.5, 0.6) is 0 Å². The summed E-state index contributed by atoms with van der Waals surface area (Å²) in [5.74, 6) is -1.47. The fourth-order valence-corrected chi connectivity index (χ4v) is 4.60. The molecule has 0 aromatic heterocycles. The molecule has 0 fully saturated rings. The molecule has 0 spiro atoms. The third-order valence-corrected chi connectivity index (χ3v) is 7.34. The molecule has 0 unspecified atom stereocenters. The van der Waals surface area contributed by atoms with E-state index in [-0.39, 0.29) is 62.5 Å². The van der Waals surface area contributed by atoms with Crippen LogP contribution in [0.4, 0.5) is 11.4 Å². The molecule has 0 saturated heterocycles. The molecule has 0 bridgehead atoms. The van der Waals surface area contributed by atoms with E-state index in [1.54, 1.807) is 0 Å². The highest BCUT2D eigenvalue weighted by molar-refractivity contribution is 14.1. The molecule has 0 aliphatic carbocycles. The molecule has 8 heteroatoms. The van der Waals surface area contributed by atoms with Gasteiger partial charge < -0.3 is 10.2 Å². The third kappa shape index (κ3) is 9.14. The van der Waals surface area contributed by atoms with Crippen LogP contribution in [0.25, 0.3) is 0 Å². The van der Waals surface area contributed by atoms with E-state index >= 15 is 0 Å². The summed E-state index contributed by atoms with van der Waals surface area (Å²) in [5.41, 5.74) is 7.48. The number of benzene rings is 2. The number of carboxylic acid groups (broad SMARTS) is 2. The van der Waals surface area contributed by atoms with Gasteiger partial charge in [-0.15, -0.1) is 24.0 Å². The van der Waals surface area contributed by atoms with Gasteiger partial charge in [0.2, 0.25) is 5.69 Å². The van der Waals surface area contributed by atoms with Gasteiger partial charge in [-0.3, -0.25) is 14.6 Å². The first-order valence-electron chi connectivity index (χ1n) is 11.7. The van der Waals surface area contributed by atoms with Gasteiger partial charge >= 0.3 is 11.9 Å². The van der Waals surface area contributed by atoms with Crippen molar-refractivity contribution in [3.05, 3.63) is 59.7 Å². The van der Waals surface area contributed by atoms with Crippen molar-refractivity contribution in [1.82, 2.24) is 0 Å². The van der Waals surface area contributed by atoms with Crippen LogP contribution >= 0.6 is 46.6 Å². The molecule has 38 heavy (non-hydrogen) atoms. The second-order valence-corrected chi connectivity index (χ2v) is 10.8. The molecular formula is C30H45I2N2O4+. The Kier molecular flexibility index (Phi) is 16.5. The molecule has 2 aliphatic heterocycles. The van der Waals surface area contributed by atoms with Gasteiger partial charge in [-0.1, -0.05) is 87.7 Å². The Balaban J connectivity index is 0. The van der Waals surface area contributed by atoms with Crippen molar-refractivity contribution in [2.24, 2.45) is 4.99 Å². The largest absolute Gasteiger partial charge is 0.481 e. The van der Waals surface area contributed by atoms with Crippen LogP contribution in [0.3, 0.4) is 0 Å². The first kappa shape index (κ1) is 38.3. The SMILES string of the molecule is C.C.CC1=Nc2ccccc2C1(C)C.CC1=[N+](CCC(=O)O)c2ccccc2C1(C)C.I.O=C(O)CCI. The minimum Gasteiger partial charge on any atom is -0.481 e. The quantitative estimate of drug-likeness (QED) is 0.183. The summed E-state index contributed by atoms with van der Waals surface area (Å²) in [6, 6.07) is 16.6. The number of rotatable bonds is 5. The Morgan fingerprint density at radius 2 is 1.34 bits per heavy atom. The summed E-state index contributed by atoms with van der Waals surface area (Å²) in [7, 11) is 0.